The number of hydrogen-bond acceptors (Lipinski definition) is 4. The number of aromatic nitrogens is 2. The Hall–Kier alpha value is -1.10. The number of nitrogens with zero attached hydrogens (tertiary/aromatic N) is 2. The molecular formula is C13H14ClN3S. The number of nitrogens with two attached hydrogens (primary N) is 1. The zero-order valence-electron chi connectivity index (χ0n) is 9.84. The van der Waals surface area contributed by atoms with Gasteiger partial charge in [-0.2, -0.15) is 0 Å². The first-order valence-corrected chi connectivity index (χ1v) is 7.02. The van der Waals surface area contributed by atoms with E-state index in [0.29, 0.717) is 6.54 Å². The lowest BCUT2D eigenvalue weighted by molar-refractivity contribution is 0.890. The van der Waals surface area contributed by atoms with E-state index in [1.165, 1.54) is 5.56 Å². The average Bonchev–Trinajstić information content (AvgIpc) is 2.40. The molecule has 0 bridgehead atoms. The van der Waals surface area contributed by atoms with Crippen LogP contribution in [0.3, 0.4) is 0 Å². The van der Waals surface area contributed by atoms with Crippen molar-refractivity contribution in [3.8, 4) is 0 Å². The van der Waals surface area contributed by atoms with E-state index in [9.17, 15) is 0 Å². The van der Waals surface area contributed by atoms with Crippen LogP contribution in [0.25, 0.3) is 0 Å². The fourth-order valence-electron chi connectivity index (χ4n) is 1.44. The molecule has 1 aromatic heterocycles. The second kappa shape index (κ2) is 6.73. The number of benzene rings is 1. The molecule has 1 aromatic carbocycles. The maximum Gasteiger partial charge on any atom is 0.187 e. The first-order valence-electron chi connectivity index (χ1n) is 5.66. The maximum absolute atomic E-state index is 5.83. The molecule has 0 spiro atoms. The molecule has 3 nitrogen and oxygen atoms in total. The minimum atomic E-state index is 0.626. The summed E-state index contributed by atoms with van der Waals surface area (Å²) >= 11 is 7.44. The Morgan fingerprint density at radius 3 is 2.33 bits per heavy atom. The maximum atomic E-state index is 5.83. The molecular weight excluding hydrogens is 266 g/mol. The van der Waals surface area contributed by atoms with E-state index >= 15 is 0 Å². The molecule has 2 N–H and O–H groups in total. The van der Waals surface area contributed by atoms with Crippen LogP contribution in [-0.2, 0) is 12.2 Å². The molecule has 1 heterocycles. The number of rotatable bonds is 5. The minimum absolute atomic E-state index is 0.626. The van der Waals surface area contributed by atoms with Crippen molar-refractivity contribution in [2.75, 3.05) is 6.54 Å². The molecule has 18 heavy (non-hydrogen) atoms. The van der Waals surface area contributed by atoms with Crippen molar-refractivity contribution in [1.29, 1.82) is 0 Å². The summed E-state index contributed by atoms with van der Waals surface area (Å²) in [4.78, 5) is 8.60. The van der Waals surface area contributed by atoms with Gasteiger partial charge >= 0.3 is 0 Å². The van der Waals surface area contributed by atoms with E-state index < -0.39 is 0 Å². The van der Waals surface area contributed by atoms with E-state index in [0.717, 1.165) is 27.9 Å². The van der Waals surface area contributed by atoms with E-state index in [2.05, 4.69) is 9.97 Å². The van der Waals surface area contributed by atoms with Gasteiger partial charge in [0.05, 0.1) is 0 Å². The summed E-state index contributed by atoms with van der Waals surface area (Å²) in [5, 5.41) is 1.54. The Bertz CT molecular complexity index is 485. The van der Waals surface area contributed by atoms with E-state index in [4.69, 9.17) is 17.3 Å². The highest BCUT2D eigenvalue weighted by Crippen LogP contribution is 2.20. The fraction of sp³-hybridized carbons (Fsp3) is 0.231. The monoisotopic (exact) mass is 279 g/mol. The second-order valence-electron chi connectivity index (χ2n) is 3.83. The van der Waals surface area contributed by atoms with Gasteiger partial charge in [0, 0.05) is 23.2 Å². The van der Waals surface area contributed by atoms with Gasteiger partial charge in [-0.3, -0.25) is 0 Å². The van der Waals surface area contributed by atoms with Crippen LogP contribution < -0.4 is 5.73 Å². The van der Waals surface area contributed by atoms with Gasteiger partial charge in [-0.25, -0.2) is 9.97 Å². The lowest BCUT2D eigenvalue weighted by atomic mass is 10.2. The zero-order valence-corrected chi connectivity index (χ0v) is 11.4. The third kappa shape index (κ3) is 3.98. The highest BCUT2D eigenvalue weighted by molar-refractivity contribution is 7.98. The summed E-state index contributed by atoms with van der Waals surface area (Å²) in [5.41, 5.74) is 7.76. The lowest BCUT2D eigenvalue weighted by Crippen LogP contribution is -2.03. The van der Waals surface area contributed by atoms with Crippen molar-refractivity contribution >= 4 is 23.4 Å². The third-order valence-electron chi connectivity index (χ3n) is 2.40. The first-order chi connectivity index (χ1) is 8.78. The molecule has 0 aliphatic rings. The van der Waals surface area contributed by atoms with Crippen molar-refractivity contribution in [3.05, 3.63) is 52.8 Å². The van der Waals surface area contributed by atoms with Crippen LogP contribution in [0.5, 0.6) is 0 Å². The van der Waals surface area contributed by atoms with Gasteiger partial charge in [-0.15, -0.1) is 0 Å². The van der Waals surface area contributed by atoms with Crippen LogP contribution in [0.2, 0.25) is 5.02 Å². The summed E-state index contributed by atoms with van der Waals surface area (Å²) in [5.74, 6) is 0.841. The average molecular weight is 280 g/mol. The zero-order chi connectivity index (χ0) is 12.8. The smallest absolute Gasteiger partial charge is 0.187 e. The molecule has 0 saturated heterocycles. The van der Waals surface area contributed by atoms with Crippen LogP contribution in [-0.4, -0.2) is 16.5 Å². The third-order valence-corrected chi connectivity index (χ3v) is 3.59. The highest BCUT2D eigenvalue weighted by atomic mass is 35.5. The summed E-state index contributed by atoms with van der Waals surface area (Å²) in [6, 6.07) is 7.81. The van der Waals surface area contributed by atoms with Crippen LogP contribution >= 0.6 is 23.4 Å². The molecule has 0 fully saturated rings. The summed E-state index contributed by atoms with van der Waals surface area (Å²) in [6.45, 7) is 0.626. The SMILES string of the molecule is NCCc1cnc(SCc2ccc(Cl)cc2)nc1. The molecule has 0 aliphatic heterocycles. The van der Waals surface area contributed by atoms with Crippen LogP contribution in [0.4, 0.5) is 0 Å². The van der Waals surface area contributed by atoms with Gasteiger partial charge in [0.25, 0.3) is 0 Å². The normalized spacial score (nSPS) is 10.6. The number of hydrogen-bond donors (Lipinski definition) is 1. The molecule has 0 unspecified atom stereocenters. The predicted molar refractivity (Wildman–Crippen MR) is 75.8 cm³/mol. The summed E-state index contributed by atoms with van der Waals surface area (Å²) < 4.78 is 0. The van der Waals surface area contributed by atoms with Crippen molar-refractivity contribution in [2.45, 2.75) is 17.3 Å². The Labute approximate surface area is 116 Å². The van der Waals surface area contributed by atoms with E-state index in [-0.39, 0.29) is 0 Å². The predicted octanol–water partition coefficient (Wildman–Crippen LogP) is 2.92. The van der Waals surface area contributed by atoms with Crippen LogP contribution in [0.15, 0.2) is 41.8 Å². The molecule has 0 atom stereocenters. The Balaban J connectivity index is 1.91. The van der Waals surface area contributed by atoms with Crippen molar-refractivity contribution in [1.82, 2.24) is 9.97 Å². The Morgan fingerprint density at radius 1 is 1.06 bits per heavy atom. The van der Waals surface area contributed by atoms with Gasteiger partial charge in [0.1, 0.15) is 0 Å². The van der Waals surface area contributed by atoms with Gasteiger partial charge in [-0.05, 0) is 36.2 Å². The van der Waals surface area contributed by atoms with Gasteiger partial charge in [-0.1, -0.05) is 35.5 Å². The van der Waals surface area contributed by atoms with Crippen molar-refractivity contribution in [3.63, 3.8) is 0 Å². The first kappa shape index (κ1) is 13.3. The number of halogens is 1. The molecule has 0 radical (unpaired) electrons. The lowest BCUT2D eigenvalue weighted by Gasteiger charge is -2.02. The number of thioether (sulfide) groups is 1. The van der Waals surface area contributed by atoms with Crippen molar-refractivity contribution < 1.29 is 0 Å². The molecule has 5 heteroatoms. The topological polar surface area (TPSA) is 51.8 Å². The fourth-order valence-corrected chi connectivity index (χ4v) is 2.31. The van der Waals surface area contributed by atoms with Crippen LogP contribution in [0.1, 0.15) is 11.1 Å². The largest absolute Gasteiger partial charge is 0.330 e. The Kier molecular flexibility index (Phi) is 4.99. The molecule has 94 valence electrons. The summed E-state index contributed by atoms with van der Waals surface area (Å²) in [6.07, 6.45) is 4.50. The Morgan fingerprint density at radius 2 is 1.72 bits per heavy atom. The van der Waals surface area contributed by atoms with Gasteiger partial charge in [0.2, 0.25) is 0 Å². The van der Waals surface area contributed by atoms with Gasteiger partial charge < -0.3 is 5.73 Å². The summed E-state index contributed by atoms with van der Waals surface area (Å²) in [7, 11) is 0. The second-order valence-corrected chi connectivity index (χ2v) is 5.21. The standard InChI is InChI=1S/C13H14ClN3S/c14-12-3-1-10(2-4-12)9-18-13-16-7-11(5-6-15)8-17-13/h1-4,7-8H,5-6,9,15H2. The van der Waals surface area contributed by atoms with Crippen LogP contribution in [0, 0.1) is 0 Å². The molecule has 0 saturated carbocycles. The highest BCUT2D eigenvalue weighted by Gasteiger charge is 2.00. The quantitative estimate of drug-likeness (QED) is 0.675. The van der Waals surface area contributed by atoms with E-state index in [1.54, 1.807) is 11.8 Å². The van der Waals surface area contributed by atoms with Gasteiger partial charge in [0.15, 0.2) is 5.16 Å². The van der Waals surface area contributed by atoms with Crippen molar-refractivity contribution in [2.24, 2.45) is 5.73 Å². The molecule has 2 rings (SSSR count). The molecule has 0 aliphatic carbocycles. The molecule has 0 amide bonds. The molecule has 2 aromatic rings. The minimum Gasteiger partial charge on any atom is -0.330 e. The van der Waals surface area contributed by atoms with E-state index in [1.807, 2.05) is 36.7 Å².